The molecule has 130 valence electrons. The maximum Gasteiger partial charge on any atom is 0.274 e. The van der Waals surface area contributed by atoms with Crippen molar-refractivity contribution < 1.29 is 9.59 Å². The van der Waals surface area contributed by atoms with Gasteiger partial charge < -0.3 is 10.6 Å². The Labute approximate surface area is 152 Å². The van der Waals surface area contributed by atoms with E-state index in [4.69, 9.17) is 0 Å². The molecule has 3 rings (SSSR count). The number of benzene rings is 2. The third-order valence-electron chi connectivity index (χ3n) is 4.00. The monoisotopic (exact) mass is 345 g/mol. The fraction of sp³-hybridized carbons (Fsp3) is 0.0952. The Bertz CT molecular complexity index is 892. The van der Waals surface area contributed by atoms with Crippen LogP contribution in [0.5, 0.6) is 0 Å². The fourth-order valence-corrected chi connectivity index (χ4v) is 2.49. The Balaban J connectivity index is 1.77. The van der Waals surface area contributed by atoms with Crippen LogP contribution in [0.1, 0.15) is 32.1 Å². The van der Waals surface area contributed by atoms with Gasteiger partial charge in [-0.1, -0.05) is 42.5 Å². The SMILES string of the molecule is Cc1ccccc1NC(=O)c1cccc(C(=O)Nc2ccccc2C)n1. The van der Waals surface area contributed by atoms with Gasteiger partial charge >= 0.3 is 0 Å². The lowest BCUT2D eigenvalue weighted by Crippen LogP contribution is -2.19. The number of anilines is 2. The normalized spacial score (nSPS) is 10.2. The van der Waals surface area contributed by atoms with Crippen molar-refractivity contribution in [1.82, 2.24) is 4.98 Å². The third-order valence-corrected chi connectivity index (χ3v) is 4.00. The van der Waals surface area contributed by atoms with Crippen molar-refractivity contribution >= 4 is 23.2 Å². The minimum Gasteiger partial charge on any atom is -0.320 e. The molecular formula is C21H19N3O2. The van der Waals surface area contributed by atoms with Crippen LogP contribution in [0.2, 0.25) is 0 Å². The molecule has 0 unspecified atom stereocenters. The summed E-state index contributed by atoms with van der Waals surface area (Å²) in [4.78, 5) is 29.1. The van der Waals surface area contributed by atoms with Crippen LogP contribution >= 0.6 is 0 Å². The first kappa shape index (κ1) is 17.4. The van der Waals surface area contributed by atoms with Gasteiger partial charge in [0.05, 0.1) is 0 Å². The van der Waals surface area contributed by atoms with Crippen LogP contribution in [0, 0.1) is 13.8 Å². The first-order valence-corrected chi connectivity index (χ1v) is 8.25. The lowest BCUT2D eigenvalue weighted by atomic mass is 10.2. The largest absolute Gasteiger partial charge is 0.320 e. The van der Waals surface area contributed by atoms with Gasteiger partial charge in [-0.25, -0.2) is 4.98 Å². The van der Waals surface area contributed by atoms with Crippen LogP contribution in [-0.4, -0.2) is 16.8 Å². The van der Waals surface area contributed by atoms with Crippen molar-refractivity contribution in [2.45, 2.75) is 13.8 Å². The number of nitrogens with one attached hydrogen (secondary N) is 2. The predicted molar refractivity (Wildman–Crippen MR) is 103 cm³/mol. The summed E-state index contributed by atoms with van der Waals surface area (Å²) in [5.41, 5.74) is 3.71. The van der Waals surface area contributed by atoms with Crippen molar-refractivity contribution in [3.63, 3.8) is 0 Å². The number of carbonyl (C=O) groups excluding carboxylic acids is 2. The molecule has 0 bridgehead atoms. The second kappa shape index (κ2) is 7.61. The van der Waals surface area contributed by atoms with Gasteiger partial charge in [0.25, 0.3) is 11.8 Å². The number of pyridine rings is 1. The number of aryl methyl sites for hydroxylation is 2. The van der Waals surface area contributed by atoms with E-state index in [1.165, 1.54) is 0 Å². The molecular weight excluding hydrogens is 326 g/mol. The summed E-state index contributed by atoms with van der Waals surface area (Å²) < 4.78 is 0. The number of amides is 2. The molecule has 1 aromatic heterocycles. The smallest absolute Gasteiger partial charge is 0.274 e. The highest BCUT2D eigenvalue weighted by atomic mass is 16.2. The summed E-state index contributed by atoms with van der Waals surface area (Å²) in [5, 5.41) is 5.64. The van der Waals surface area contributed by atoms with Crippen molar-refractivity contribution in [1.29, 1.82) is 0 Å². The quantitative estimate of drug-likeness (QED) is 0.744. The van der Waals surface area contributed by atoms with E-state index in [2.05, 4.69) is 15.6 Å². The van der Waals surface area contributed by atoms with Gasteiger partial charge in [-0.3, -0.25) is 9.59 Å². The van der Waals surface area contributed by atoms with Gasteiger partial charge in [0.2, 0.25) is 0 Å². The summed E-state index contributed by atoms with van der Waals surface area (Å²) in [6, 6.07) is 19.8. The number of para-hydroxylation sites is 2. The summed E-state index contributed by atoms with van der Waals surface area (Å²) in [6.45, 7) is 3.82. The molecule has 1 heterocycles. The Morgan fingerprint density at radius 2 is 1.08 bits per heavy atom. The fourth-order valence-electron chi connectivity index (χ4n) is 2.49. The van der Waals surface area contributed by atoms with Crippen molar-refractivity contribution in [2.24, 2.45) is 0 Å². The second-order valence-corrected chi connectivity index (χ2v) is 5.95. The van der Waals surface area contributed by atoms with Crippen molar-refractivity contribution in [2.75, 3.05) is 10.6 Å². The maximum absolute atomic E-state index is 12.4. The van der Waals surface area contributed by atoms with E-state index in [9.17, 15) is 9.59 Å². The zero-order valence-corrected chi connectivity index (χ0v) is 14.6. The van der Waals surface area contributed by atoms with Gasteiger partial charge in [-0.05, 0) is 49.2 Å². The highest BCUT2D eigenvalue weighted by molar-refractivity contribution is 6.06. The Hall–Kier alpha value is -3.47. The van der Waals surface area contributed by atoms with Gasteiger partial charge in [-0.15, -0.1) is 0 Å². The zero-order chi connectivity index (χ0) is 18.5. The first-order chi connectivity index (χ1) is 12.5. The highest BCUT2D eigenvalue weighted by Crippen LogP contribution is 2.16. The Morgan fingerprint density at radius 1 is 0.654 bits per heavy atom. The van der Waals surface area contributed by atoms with Crippen LogP contribution in [0.15, 0.2) is 66.7 Å². The number of nitrogens with zero attached hydrogens (tertiary/aromatic N) is 1. The number of aromatic nitrogens is 1. The summed E-state index contributed by atoms with van der Waals surface area (Å²) in [6.07, 6.45) is 0. The molecule has 0 spiro atoms. The zero-order valence-electron chi connectivity index (χ0n) is 14.6. The molecule has 0 aliphatic rings. The number of rotatable bonds is 4. The standard InChI is InChI=1S/C21H19N3O2/c1-14-8-3-5-10-16(14)23-20(25)18-12-7-13-19(22-18)21(26)24-17-11-6-4-9-15(17)2/h3-13H,1-2H3,(H,23,25)(H,24,26). The predicted octanol–water partition coefficient (Wildman–Crippen LogP) is 4.20. The molecule has 5 heteroatoms. The van der Waals surface area contributed by atoms with E-state index in [1.807, 2.05) is 62.4 Å². The van der Waals surface area contributed by atoms with Crippen LogP contribution < -0.4 is 10.6 Å². The molecule has 0 fully saturated rings. The lowest BCUT2D eigenvalue weighted by molar-refractivity contribution is 0.101. The minimum absolute atomic E-state index is 0.186. The van der Waals surface area contributed by atoms with E-state index in [0.29, 0.717) is 11.4 Å². The van der Waals surface area contributed by atoms with Crippen LogP contribution in [0.4, 0.5) is 11.4 Å². The van der Waals surface area contributed by atoms with Gasteiger partial charge in [0.1, 0.15) is 11.4 Å². The number of carbonyl (C=O) groups is 2. The molecule has 0 radical (unpaired) electrons. The van der Waals surface area contributed by atoms with Crippen LogP contribution in [-0.2, 0) is 0 Å². The minimum atomic E-state index is -0.357. The molecule has 26 heavy (non-hydrogen) atoms. The average Bonchev–Trinajstić information content (AvgIpc) is 2.65. The molecule has 0 aliphatic carbocycles. The van der Waals surface area contributed by atoms with E-state index >= 15 is 0 Å². The van der Waals surface area contributed by atoms with E-state index in [1.54, 1.807) is 18.2 Å². The third kappa shape index (κ3) is 3.95. The Kier molecular flexibility index (Phi) is 5.08. The summed E-state index contributed by atoms with van der Waals surface area (Å²) in [7, 11) is 0. The van der Waals surface area contributed by atoms with Crippen molar-refractivity contribution in [3.8, 4) is 0 Å². The lowest BCUT2D eigenvalue weighted by Gasteiger charge is -2.10. The molecule has 0 atom stereocenters. The first-order valence-electron chi connectivity index (χ1n) is 8.25. The maximum atomic E-state index is 12.4. The summed E-state index contributed by atoms with van der Waals surface area (Å²) >= 11 is 0. The molecule has 0 aliphatic heterocycles. The van der Waals surface area contributed by atoms with Gasteiger partial charge in [0.15, 0.2) is 0 Å². The Morgan fingerprint density at radius 3 is 1.50 bits per heavy atom. The molecule has 5 nitrogen and oxygen atoms in total. The second-order valence-electron chi connectivity index (χ2n) is 5.95. The molecule has 0 saturated carbocycles. The van der Waals surface area contributed by atoms with Gasteiger partial charge in [-0.2, -0.15) is 0 Å². The molecule has 2 N–H and O–H groups in total. The summed E-state index contributed by atoms with van der Waals surface area (Å²) in [5.74, 6) is -0.713. The molecule has 0 saturated heterocycles. The van der Waals surface area contributed by atoms with Crippen molar-refractivity contribution in [3.05, 3.63) is 89.2 Å². The topological polar surface area (TPSA) is 71.1 Å². The molecule has 3 aromatic rings. The highest BCUT2D eigenvalue weighted by Gasteiger charge is 2.14. The number of hydrogen-bond donors (Lipinski definition) is 2. The molecule has 2 amide bonds. The van der Waals surface area contributed by atoms with Crippen LogP contribution in [0.3, 0.4) is 0 Å². The van der Waals surface area contributed by atoms with Gasteiger partial charge in [0, 0.05) is 11.4 Å². The average molecular weight is 345 g/mol. The van der Waals surface area contributed by atoms with E-state index in [0.717, 1.165) is 11.1 Å². The van der Waals surface area contributed by atoms with E-state index in [-0.39, 0.29) is 23.2 Å². The number of hydrogen-bond acceptors (Lipinski definition) is 3. The van der Waals surface area contributed by atoms with Crippen LogP contribution in [0.25, 0.3) is 0 Å². The molecule has 2 aromatic carbocycles. The van der Waals surface area contributed by atoms with E-state index < -0.39 is 0 Å².